The second kappa shape index (κ2) is 8.03. The highest BCUT2D eigenvalue weighted by Crippen LogP contribution is 2.30. The first-order chi connectivity index (χ1) is 10.7. The summed E-state index contributed by atoms with van der Waals surface area (Å²) in [6.45, 7) is 6.70. The van der Waals surface area contributed by atoms with E-state index in [-0.39, 0.29) is 6.04 Å². The van der Waals surface area contributed by atoms with E-state index in [1.54, 1.807) is 0 Å². The number of hydrogen-bond donors (Lipinski definition) is 1. The van der Waals surface area contributed by atoms with Crippen LogP contribution in [0, 0.1) is 0 Å². The number of ether oxygens (including phenoxy) is 2. The zero-order valence-electron chi connectivity index (χ0n) is 13.4. The monoisotopic (exact) mass is 307 g/mol. The minimum absolute atomic E-state index is 0.369. The molecule has 1 N–H and O–H groups in total. The third-order valence-electron chi connectivity index (χ3n) is 3.80. The lowest BCUT2D eigenvalue weighted by atomic mass is 10.1. The van der Waals surface area contributed by atoms with Gasteiger partial charge in [-0.25, -0.2) is 0 Å². The van der Waals surface area contributed by atoms with Crippen LogP contribution in [0.2, 0.25) is 0 Å². The lowest BCUT2D eigenvalue weighted by molar-refractivity contribution is -0.142. The van der Waals surface area contributed by atoms with Crippen LogP contribution in [-0.4, -0.2) is 41.8 Å². The van der Waals surface area contributed by atoms with Crippen LogP contribution < -0.4 is 9.47 Å². The van der Waals surface area contributed by atoms with Crippen LogP contribution in [0.1, 0.15) is 38.7 Å². The molecule has 1 fully saturated rings. The van der Waals surface area contributed by atoms with Crippen molar-refractivity contribution < 1.29 is 19.4 Å². The quantitative estimate of drug-likeness (QED) is 0.800. The molecular weight excluding hydrogens is 282 g/mol. The van der Waals surface area contributed by atoms with Crippen LogP contribution in [0.3, 0.4) is 0 Å². The van der Waals surface area contributed by atoms with Gasteiger partial charge in [0.1, 0.15) is 6.04 Å². The van der Waals surface area contributed by atoms with E-state index in [4.69, 9.17) is 9.47 Å². The van der Waals surface area contributed by atoms with Crippen LogP contribution >= 0.6 is 0 Å². The summed E-state index contributed by atoms with van der Waals surface area (Å²) >= 11 is 0. The third-order valence-corrected chi connectivity index (χ3v) is 3.80. The van der Waals surface area contributed by atoms with Gasteiger partial charge in [0, 0.05) is 6.54 Å². The van der Waals surface area contributed by atoms with Gasteiger partial charge in [-0.15, -0.1) is 0 Å². The van der Waals surface area contributed by atoms with E-state index in [1.165, 1.54) is 0 Å². The fraction of sp³-hybridized carbons (Fsp3) is 0.588. The molecule has 0 aliphatic carbocycles. The maximum Gasteiger partial charge on any atom is 0.320 e. The third kappa shape index (κ3) is 4.13. The normalized spacial score (nSPS) is 18.4. The molecule has 0 bridgehead atoms. The summed E-state index contributed by atoms with van der Waals surface area (Å²) in [4.78, 5) is 13.3. The van der Waals surface area contributed by atoms with Gasteiger partial charge in [0.15, 0.2) is 11.5 Å². The number of carboxylic acids is 1. The Hall–Kier alpha value is -1.75. The number of carbonyl (C=O) groups is 1. The van der Waals surface area contributed by atoms with Crippen molar-refractivity contribution in [2.45, 2.75) is 45.7 Å². The Morgan fingerprint density at radius 1 is 1.32 bits per heavy atom. The second-order valence-electron chi connectivity index (χ2n) is 5.53. The van der Waals surface area contributed by atoms with E-state index in [2.05, 4.69) is 6.92 Å². The molecular formula is C17H25NO4. The number of hydrogen-bond acceptors (Lipinski definition) is 4. The van der Waals surface area contributed by atoms with Gasteiger partial charge in [-0.3, -0.25) is 9.69 Å². The summed E-state index contributed by atoms with van der Waals surface area (Å²) in [5.41, 5.74) is 1.06. The molecule has 22 heavy (non-hydrogen) atoms. The zero-order valence-corrected chi connectivity index (χ0v) is 13.4. The largest absolute Gasteiger partial charge is 0.490 e. The van der Waals surface area contributed by atoms with E-state index in [1.807, 2.05) is 30.0 Å². The Balaban J connectivity index is 2.10. The van der Waals surface area contributed by atoms with E-state index in [0.717, 1.165) is 42.9 Å². The van der Waals surface area contributed by atoms with Gasteiger partial charge in [-0.05, 0) is 50.4 Å². The standard InChI is InChI=1S/C17H25NO4/c1-3-10-22-15-8-7-13(11-16(15)21-4-2)12-18-9-5-6-14(18)17(19)20/h7-8,11,14H,3-6,9-10,12H2,1-2H3,(H,19,20)/t14-/m1/s1. The molecule has 0 radical (unpaired) electrons. The van der Waals surface area contributed by atoms with Crippen LogP contribution in [0.4, 0.5) is 0 Å². The Labute approximate surface area is 131 Å². The summed E-state index contributed by atoms with van der Waals surface area (Å²) in [6, 6.07) is 5.50. The Kier molecular flexibility index (Phi) is 6.07. The number of likely N-dealkylation sites (tertiary alicyclic amines) is 1. The predicted octanol–water partition coefficient (Wildman–Crippen LogP) is 2.92. The van der Waals surface area contributed by atoms with Crippen molar-refractivity contribution in [3.63, 3.8) is 0 Å². The molecule has 5 heteroatoms. The Bertz CT molecular complexity index is 503. The molecule has 0 amide bonds. The molecule has 0 unspecified atom stereocenters. The lowest BCUT2D eigenvalue weighted by Crippen LogP contribution is -2.35. The molecule has 0 spiro atoms. The molecule has 5 nitrogen and oxygen atoms in total. The zero-order chi connectivity index (χ0) is 15.9. The first-order valence-corrected chi connectivity index (χ1v) is 8.01. The molecule has 1 aromatic rings. The van der Waals surface area contributed by atoms with Gasteiger partial charge >= 0.3 is 5.97 Å². The van der Waals surface area contributed by atoms with E-state index in [9.17, 15) is 9.90 Å². The van der Waals surface area contributed by atoms with Gasteiger partial charge in [-0.1, -0.05) is 13.0 Å². The van der Waals surface area contributed by atoms with Crippen LogP contribution in [0.5, 0.6) is 11.5 Å². The van der Waals surface area contributed by atoms with Crippen molar-refractivity contribution in [1.82, 2.24) is 4.90 Å². The van der Waals surface area contributed by atoms with Crippen molar-refractivity contribution in [3.8, 4) is 11.5 Å². The molecule has 122 valence electrons. The molecule has 0 saturated carbocycles. The molecule has 1 saturated heterocycles. The van der Waals surface area contributed by atoms with Gasteiger partial charge in [0.05, 0.1) is 13.2 Å². The van der Waals surface area contributed by atoms with Crippen molar-refractivity contribution in [2.24, 2.45) is 0 Å². The topological polar surface area (TPSA) is 59.0 Å². The summed E-state index contributed by atoms with van der Waals surface area (Å²) < 4.78 is 11.3. The fourth-order valence-electron chi connectivity index (χ4n) is 2.78. The lowest BCUT2D eigenvalue weighted by Gasteiger charge is -2.21. The molecule has 1 heterocycles. The van der Waals surface area contributed by atoms with Crippen LogP contribution in [0.15, 0.2) is 18.2 Å². The highest BCUT2D eigenvalue weighted by molar-refractivity contribution is 5.73. The predicted molar refractivity (Wildman–Crippen MR) is 84.5 cm³/mol. The highest BCUT2D eigenvalue weighted by atomic mass is 16.5. The molecule has 2 rings (SSSR count). The minimum atomic E-state index is -0.731. The molecule has 1 aliphatic heterocycles. The molecule has 1 aliphatic rings. The van der Waals surface area contributed by atoms with E-state index < -0.39 is 5.97 Å². The number of rotatable bonds is 8. The summed E-state index contributed by atoms with van der Waals surface area (Å²) in [5.74, 6) is 0.758. The smallest absolute Gasteiger partial charge is 0.320 e. The van der Waals surface area contributed by atoms with Gasteiger partial charge < -0.3 is 14.6 Å². The summed E-state index contributed by atoms with van der Waals surface area (Å²) in [5, 5.41) is 9.26. The van der Waals surface area contributed by atoms with Crippen molar-refractivity contribution in [1.29, 1.82) is 0 Å². The maximum atomic E-state index is 11.3. The van der Waals surface area contributed by atoms with Crippen LogP contribution in [0.25, 0.3) is 0 Å². The first kappa shape index (κ1) is 16.6. The van der Waals surface area contributed by atoms with Gasteiger partial charge in [0.25, 0.3) is 0 Å². The number of aliphatic carboxylic acids is 1. The van der Waals surface area contributed by atoms with Crippen molar-refractivity contribution in [2.75, 3.05) is 19.8 Å². The van der Waals surface area contributed by atoms with Crippen molar-refractivity contribution in [3.05, 3.63) is 23.8 Å². The number of nitrogens with zero attached hydrogens (tertiary/aromatic N) is 1. The van der Waals surface area contributed by atoms with E-state index in [0.29, 0.717) is 19.8 Å². The maximum absolute atomic E-state index is 11.3. The molecule has 0 aromatic heterocycles. The Morgan fingerprint density at radius 3 is 2.82 bits per heavy atom. The van der Waals surface area contributed by atoms with E-state index >= 15 is 0 Å². The average Bonchev–Trinajstić information content (AvgIpc) is 2.95. The summed E-state index contributed by atoms with van der Waals surface area (Å²) in [7, 11) is 0. The average molecular weight is 307 g/mol. The highest BCUT2D eigenvalue weighted by Gasteiger charge is 2.30. The number of carboxylic acid groups (broad SMARTS) is 1. The first-order valence-electron chi connectivity index (χ1n) is 8.01. The van der Waals surface area contributed by atoms with Crippen molar-refractivity contribution >= 4 is 5.97 Å². The van der Waals surface area contributed by atoms with Crippen LogP contribution in [-0.2, 0) is 11.3 Å². The Morgan fingerprint density at radius 2 is 2.14 bits per heavy atom. The second-order valence-corrected chi connectivity index (χ2v) is 5.53. The molecule has 1 aromatic carbocycles. The van der Waals surface area contributed by atoms with Gasteiger partial charge in [0.2, 0.25) is 0 Å². The molecule has 1 atom stereocenters. The minimum Gasteiger partial charge on any atom is -0.490 e. The SMILES string of the molecule is CCCOc1ccc(CN2CCC[C@@H]2C(=O)O)cc1OCC. The number of benzene rings is 1. The fourth-order valence-corrected chi connectivity index (χ4v) is 2.78. The van der Waals surface area contributed by atoms with Gasteiger partial charge in [-0.2, -0.15) is 0 Å². The summed E-state index contributed by atoms with van der Waals surface area (Å²) in [6.07, 6.45) is 2.61.